The Morgan fingerprint density at radius 3 is 2.50 bits per heavy atom. The fraction of sp³-hybridized carbons (Fsp3) is 0.0800. The molecule has 0 unspecified atom stereocenters. The fourth-order valence-electron chi connectivity index (χ4n) is 3.41. The summed E-state index contributed by atoms with van der Waals surface area (Å²) in [5.41, 5.74) is 1.92. The summed E-state index contributed by atoms with van der Waals surface area (Å²) in [6, 6.07) is 11.2. The third-order valence-corrected chi connectivity index (χ3v) is 7.57. The molecule has 0 saturated carbocycles. The SMILES string of the molecule is Cc1ccc(C(=O)NN2C(=O)/C(=C\c3ccc(Oc4ccc(C(F)(F)F)cc4[N+](=O)[O-])c(Br)c3)SC2=S)c(Cl)c1. The van der Waals surface area contributed by atoms with Crippen molar-refractivity contribution in [2.45, 2.75) is 13.1 Å². The van der Waals surface area contributed by atoms with E-state index in [1.165, 1.54) is 30.3 Å². The van der Waals surface area contributed by atoms with E-state index in [9.17, 15) is 32.9 Å². The van der Waals surface area contributed by atoms with Crippen LogP contribution in [0, 0.1) is 17.0 Å². The molecule has 3 aromatic rings. The summed E-state index contributed by atoms with van der Waals surface area (Å²) in [6.45, 7) is 1.82. The van der Waals surface area contributed by atoms with Crippen molar-refractivity contribution in [2.24, 2.45) is 0 Å². The lowest BCUT2D eigenvalue weighted by atomic mass is 10.1. The highest BCUT2D eigenvalue weighted by Gasteiger charge is 2.35. The second-order valence-corrected chi connectivity index (χ2v) is 11.1. The summed E-state index contributed by atoms with van der Waals surface area (Å²) in [7, 11) is 0. The number of nitro groups is 1. The average Bonchev–Trinajstić information content (AvgIpc) is 3.12. The van der Waals surface area contributed by atoms with Gasteiger partial charge in [-0.2, -0.15) is 18.2 Å². The van der Waals surface area contributed by atoms with E-state index in [0.717, 1.165) is 28.4 Å². The number of thiocarbonyl (C=S) groups is 1. The summed E-state index contributed by atoms with van der Waals surface area (Å²) < 4.78 is 44.8. The molecule has 15 heteroatoms. The molecular formula is C25H14BrClF3N3O5S2. The first kappa shape index (κ1) is 29.5. The van der Waals surface area contributed by atoms with Crippen molar-refractivity contribution in [2.75, 3.05) is 0 Å². The highest BCUT2D eigenvalue weighted by Crippen LogP contribution is 2.40. The molecule has 1 N–H and O–H groups in total. The number of halogens is 5. The number of carbonyl (C=O) groups excluding carboxylic acids is 2. The summed E-state index contributed by atoms with van der Waals surface area (Å²) in [5, 5.41) is 12.5. The molecule has 3 aromatic carbocycles. The van der Waals surface area contributed by atoms with Gasteiger partial charge in [-0.25, -0.2) is 0 Å². The van der Waals surface area contributed by atoms with Crippen LogP contribution in [0.3, 0.4) is 0 Å². The highest BCUT2D eigenvalue weighted by molar-refractivity contribution is 9.10. The number of aryl methyl sites for hydroxylation is 1. The lowest BCUT2D eigenvalue weighted by Crippen LogP contribution is -2.44. The van der Waals surface area contributed by atoms with Crippen LogP contribution in [0.5, 0.6) is 11.5 Å². The molecule has 4 rings (SSSR count). The summed E-state index contributed by atoms with van der Waals surface area (Å²) in [5.74, 6) is -1.51. The van der Waals surface area contributed by atoms with E-state index < -0.39 is 39.9 Å². The minimum Gasteiger partial charge on any atom is -0.449 e. The number of nitrogens with zero attached hydrogens (tertiary/aromatic N) is 2. The van der Waals surface area contributed by atoms with Crippen molar-refractivity contribution >= 4 is 79.4 Å². The van der Waals surface area contributed by atoms with Gasteiger partial charge in [0.25, 0.3) is 11.8 Å². The third-order valence-electron chi connectivity index (χ3n) is 5.33. The van der Waals surface area contributed by atoms with Crippen LogP contribution < -0.4 is 10.2 Å². The van der Waals surface area contributed by atoms with Gasteiger partial charge in [-0.1, -0.05) is 35.5 Å². The van der Waals surface area contributed by atoms with Gasteiger partial charge in [-0.15, -0.1) is 0 Å². The number of hydrogen-bond acceptors (Lipinski definition) is 7. The minimum atomic E-state index is -4.76. The largest absolute Gasteiger partial charge is 0.449 e. The molecule has 0 spiro atoms. The molecule has 1 fully saturated rings. The van der Waals surface area contributed by atoms with Crippen LogP contribution in [0.4, 0.5) is 18.9 Å². The number of hydrazine groups is 1. The van der Waals surface area contributed by atoms with E-state index in [0.29, 0.717) is 22.2 Å². The molecule has 1 saturated heterocycles. The average molecular weight is 673 g/mol. The molecule has 1 aliphatic heterocycles. The normalized spacial score (nSPS) is 14.6. The van der Waals surface area contributed by atoms with E-state index in [1.54, 1.807) is 12.1 Å². The van der Waals surface area contributed by atoms with Gasteiger partial charge >= 0.3 is 11.9 Å². The standard InChI is InChI=1S/C25H14BrClF3N3O5S2/c1-12-2-5-15(17(27)8-12)22(34)31-32-23(35)21(40-24(32)39)10-13-3-6-19(16(26)9-13)38-20-7-4-14(25(28,29)30)11-18(20)33(36)37/h2-11H,1H3,(H,31,34)/b21-10+. The number of nitrogens with one attached hydrogen (secondary N) is 1. The molecule has 40 heavy (non-hydrogen) atoms. The van der Waals surface area contributed by atoms with Crippen molar-refractivity contribution in [3.05, 3.63) is 101 Å². The zero-order valence-electron chi connectivity index (χ0n) is 19.9. The van der Waals surface area contributed by atoms with E-state index in [4.69, 9.17) is 28.6 Å². The first-order chi connectivity index (χ1) is 18.7. The third kappa shape index (κ3) is 6.46. The van der Waals surface area contributed by atoms with Crippen molar-refractivity contribution in [1.29, 1.82) is 0 Å². The maximum Gasteiger partial charge on any atom is 0.416 e. The Morgan fingerprint density at radius 1 is 1.18 bits per heavy atom. The monoisotopic (exact) mass is 671 g/mol. The highest BCUT2D eigenvalue weighted by atomic mass is 79.9. The van der Waals surface area contributed by atoms with Crippen molar-refractivity contribution in [3.63, 3.8) is 0 Å². The zero-order chi connectivity index (χ0) is 29.4. The first-order valence-corrected chi connectivity index (χ1v) is 13.3. The molecule has 2 amide bonds. The molecule has 206 valence electrons. The first-order valence-electron chi connectivity index (χ1n) is 10.9. The molecular weight excluding hydrogens is 659 g/mol. The smallest absolute Gasteiger partial charge is 0.416 e. The van der Waals surface area contributed by atoms with Gasteiger partial charge in [0.1, 0.15) is 5.75 Å². The Balaban J connectivity index is 1.52. The number of amides is 2. The van der Waals surface area contributed by atoms with E-state index in [-0.39, 0.29) is 25.6 Å². The van der Waals surface area contributed by atoms with Gasteiger partial charge in [0.2, 0.25) is 5.75 Å². The molecule has 1 aliphatic rings. The number of ether oxygens (including phenoxy) is 1. The Hall–Kier alpha value is -3.46. The van der Waals surface area contributed by atoms with E-state index in [2.05, 4.69) is 21.4 Å². The Kier molecular flexibility index (Phi) is 8.54. The van der Waals surface area contributed by atoms with E-state index >= 15 is 0 Å². The molecule has 0 aromatic heterocycles. The van der Waals surface area contributed by atoms with Gasteiger partial charge in [0.15, 0.2) is 4.32 Å². The maximum atomic E-state index is 13.0. The Morgan fingerprint density at radius 2 is 1.88 bits per heavy atom. The molecule has 0 aliphatic carbocycles. The van der Waals surface area contributed by atoms with Crippen LogP contribution in [0.25, 0.3) is 6.08 Å². The van der Waals surface area contributed by atoms with Crippen molar-refractivity contribution in [3.8, 4) is 11.5 Å². The summed E-state index contributed by atoms with van der Waals surface area (Å²) in [4.78, 5) is 36.2. The Bertz CT molecular complexity index is 1620. The van der Waals surface area contributed by atoms with E-state index in [1.807, 2.05) is 6.92 Å². The number of rotatable bonds is 6. The van der Waals surface area contributed by atoms with Crippen LogP contribution >= 0.6 is 51.5 Å². The number of hydrogen-bond donors (Lipinski definition) is 1. The van der Waals surface area contributed by atoms with Crippen molar-refractivity contribution in [1.82, 2.24) is 10.4 Å². The predicted molar refractivity (Wildman–Crippen MR) is 151 cm³/mol. The van der Waals surface area contributed by atoms with Crippen LogP contribution in [-0.2, 0) is 11.0 Å². The van der Waals surface area contributed by atoms with Gasteiger partial charge in [-0.3, -0.25) is 25.1 Å². The van der Waals surface area contributed by atoms with Crippen LogP contribution in [0.15, 0.2) is 64.0 Å². The lowest BCUT2D eigenvalue weighted by Gasteiger charge is -2.16. The minimum absolute atomic E-state index is 0.0785. The van der Waals surface area contributed by atoms with Crippen LogP contribution in [0.1, 0.15) is 27.0 Å². The summed E-state index contributed by atoms with van der Waals surface area (Å²) >= 11 is 15.6. The second kappa shape index (κ2) is 11.6. The predicted octanol–water partition coefficient (Wildman–Crippen LogP) is 7.68. The Labute approximate surface area is 247 Å². The fourth-order valence-corrected chi connectivity index (χ4v) is 5.39. The molecule has 0 bridgehead atoms. The molecule has 8 nitrogen and oxygen atoms in total. The number of nitro benzene ring substituents is 1. The quantitative estimate of drug-likeness (QED) is 0.124. The number of alkyl halides is 3. The zero-order valence-corrected chi connectivity index (χ0v) is 23.9. The topological polar surface area (TPSA) is 102 Å². The van der Waals surface area contributed by atoms with Gasteiger partial charge in [0, 0.05) is 6.07 Å². The number of carbonyl (C=O) groups is 2. The summed E-state index contributed by atoms with van der Waals surface area (Å²) in [6.07, 6.45) is -3.26. The molecule has 0 radical (unpaired) electrons. The molecule has 1 heterocycles. The maximum absolute atomic E-state index is 13.0. The number of benzene rings is 3. The lowest BCUT2D eigenvalue weighted by molar-refractivity contribution is -0.385. The van der Waals surface area contributed by atoms with Crippen LogP contribution in [0.2, 0.25) is 5.02 Å². The van der Waals surface area contributed by atoms with Crippen molar-refractivity contribution < 1.29 is 32.4 Å². The second-order valence-electron chi connectivity index (χ2n) is 8.17. The van der Waals surface area contributed by atoms with Gasteiger partial charge in [0.05, 0.1) is 30.5 Å². The van der Waals surface area contributed by atoms with Gasteiger partial charge in [-0.05, 0) is 88.7 Å². The molecule has 0 atom stereocenters. The van der Waals surface area contributed by atoms with Crippen LogP contribution in [-0.4, -0.2) is 26.1 Å². The van der Waals surface area contributed by atoms with Gasteiger partial charge < -0.3 is 4.74 Å². The number of thioether (sulfide) groups is 1.